The third-order valence-electron chi connectivity index (χ3n) is 3.38. The van der Waals surface area contributed by atoms with E-state index < -0.39 is 17.9 Å². The predicted octanol–water partition coefficient (Wildman–Crippen LogP) is 1.92. The van der Waals surface area contributed by atoms with Crippen LogP contribution in [0, 0.1) is 5.92 Å². The molecule has 1 aliphatic rings. The van der Waals surface area contributed by atoms with E-state index in [1.54, 1.807) is 12.1 Å². The van der Waals surface area contributed by atoms with Crippen molar-refractivity contribution in [3.8, 4) is 11.5 Å². The fourth-order valence-electron chi connectivity index (χ4n) is 2.06. The Morgan fingerprint density at radius 1 is 1.43 bits per heavy atom. The van der Waals surface area contributed by atoms with Crippen LogP contribution in [-0.2, 0) is 4.79 Å². The van der Waals surface area contributed by atoms with Crippen molar-refractivity contribution in [2.45, 2.75) is 25.3 Å². The summed E-state index contributed by atoms with van der Waals surface area (Å²) in [4.78, 5) is 23.2. The van der Waals surface area contributed by atoms with Gasteiger partial charge in [0.05, 0.1) is 6.26 Å². The summed E-state index contributed by atoms with van der Waals surface area (Å²) in [5.74, 6) is -0.439. The number of hydrogen-bond donors (Lipinski definition) is 2. The Morgan fingerprint density at radius 2 is 2.24 bits per heavy atom. The Balaban J connectivity index is 1.68. The molecule has 1 atom stereocenters. The average molecular weight is 290 g/mol. The molecule has 1 unspecified atom stereocenters. The summed E-state index contributed by atoms with van der Waals surface area (Å²) in [6.07, 6.45) is 3.97. The second-order valence-corrected chi connectivity index (χ2v) is 5.10. The highest BCUT2D eigenvalue weighted by molar-refractivity contribution is 5.95. The zero-order chi connectivity index (χ0) is 14.8. The van der Waals surface area contributed by atoms with Gasteiger partial charge in [0, 0.05) is 6.07 Å². The predicted molar refractivity (Wildman–Crippen MR) is 70.4 cm³/mol. The second kappa shape index (κ2) is 5.43. The largest absolute Gasteiger partial charge is 0.480 e. The fraction of sp³-hybridized carbons (Fsp3) is 0.357. The molecule has 1 amide bonds. The van der Waals surface area contributed by atoms with Gasteiger partial charge in [0.1, 0.15) is 6.04 Å². The van der Waals surface area contributed by atoms with E-state index in [9.17, 15) is 9.59 Å². The smallest absolute Gasteiger partial charge is 0.326 e. The highest BCUT2D eigenvalue weighted by atomic mass is 16.5. The van der Waals surface area contributed by atoms with Gasteiger partial charge in [0.25, 0.3) is 5.91 Å². The van der Waals surface area contributed by atoms with Crippen LogP contribution in [0.4, 0.5) is 0 Å². The zero-order valence-corrected chi connectivity index (χ0v) is 11.1. The molecule has 7 nitrogen and oxygen atoms in total. The summed E-state index contributed by atoms with van der Waals surface area (Å²) in [6, 6.07) is 3.89. The summed E-state index contributed by atoms with van der Waals surface area (Å²) in [5, 5.41) is 15.2. The van der Waals surface area contributed by atoms with Crippen molar-refractivity contribution in [1.82, 2.24) is 10.5 Å². The molecule has 2 aromatic rings. The third-order valence-corrected chi connectivity index (χ3v) is 3.38. The minimum Gasteiger partial charge on any atom is -0.480 e. The van der Waals surface area contributed by atoms with Gasteiger partial charge in [0.2, 0.25) is 5.76 Å². The average Bonchev–Trinajstić information content (AvgIpc) is 2.97. The van der Waals surface area contributed by atoms with Crippen LogP contribution in [0.5, 0.6) is 0 Å². The van der Waals surface area contributed by atoms with Crippen LogP contribution >= 0.6 is 0 Å². The quantitative estimate of drug-likeness (QED) is 0.842. The van der Waals surface area contributed by atoms with Crippen LogP contribution in [0.15, 0.2) is 33.4 Å². The van der Waals surface area contributed by atoms with Crippen molar-refractivity contribution in [2.75, 3.05) is 0 Å². The van der Waals surface area contributed by atoms with Gasteiger partial charge in [-0.05, 0) is 24.5 Å². The summed E-state index contributed by atoms with van der Waals surface area (Å²) in [5.41, 5.74) is 0.0310. The molecule has 7 heteroatoms. The number of carbonyl (C=O) groups excluding carboxylic acids is 1. The summed E-state index contributed by atoms with van der Waals surface area (Å²) in [6.45, 7) is 0. The van der Waals surface area contributed by atoms with Crippen molar-refractivity contribution < 1.29 is 23.6 Å². The van der Waals surface area contributed by atoms with Crippen LogP contribution in [-0.4, -0.2) is 28.2 Å². The first-order valence-electron chi connectivity index (χ1n) is 6.68. The van der Waals surface area contributed by atoms with Crippen LogP contribution in [0.25, 0.3) is 11.5 Å². The van der Waals surface area contributed by atoms with Gasteiger partial charge < -0.3 is 19.4 Å². The summed E-state index contributed by atoms with van der Waals surface area (Å²) in [7, 11) is 0. The number of aromatic nitrogens is 1. The van der Waals surface area contributed by atoms with Gasteiger partial charge in [-0.3, -0.25) is 4.79 Å². The molecule has 21 heavy (non-hydrogen) atoms. The minimum absolute atomic E-state index is 0.0310. The molecular weight excluding hydrogens is 276 g/mol. The molecule has 1 aliphatic carbocycles. The molecule has 3 rings (SSSR count). The zero-order valence-electron chi connectivity index (χ0n) is 11.1. The van der Waals surface area contributed by atoms with Crippen LogP contribution < -0.4 is 5.32 Å². The first kappa shape index (κ1) is 13.4. The number of rotatable bonds is 6. The SMILES string of the molecule is O=C(NC(CC1CC1)C(=O)O)c1cc(-c2ccco2)on1. The number of carboxylic acid groups (broad SMARTS) is 1. The highest BCUT2D eigenvalue weighted by Crippen LogP contribution is 2.33. The number of nitrogens with one attached hydrogen (secondary N) is 1. The first-order valence-corrected chi connectivity index (χ1v) is 6.68. The molecule has 0 aliphatic heterocycles. The lowest BCUT2D eigenvalue weighted by Crippen LogP contribution is -2.41. The van der Waals surface area contributed by atoms with Crippen LogP contribution in [0.3, 0.4) is 0 Å². The van der Waals surface area contributed by atoms with Gasteiger partial charge in [0.15, 0.2) is 11.5 Å². The standard InChI is InChI=1S/C14H14N2O5/c17-13(15-10(14(18)19)6-8-3-4-8)9-7-12(21-16-9)11-2-1-5-20-11/h1-2,5,7-8,10H,3-4,6H2,(H,15,17)(H,18,19). The Hall–Kier alpha value is -2.57. The number of carbonyl (C=O) groups is 2. The Kier molecular flexibility index (Phi) is 3.47. The molecule has 0 radical (unpaired) electrons. The van der Waals surface area contributed by atoms with E-state index in [0.29, 0.717) is 23.9 Å². The van der Waals surface area contributed by atoms with Crippen molar-refractivity contribution in [2.24, 2.45) is 5.92 Å². The minimum atomic E-state index is -1.04. The number of aliphatic carboxylic acids is 1. The van der Waals surface area contributed by atoms with Gasteiger partial charge in [-0.2, -0.15) is 0 Å². The van der Waals surface area contributed by atoms with Gasteiger partial charge in [-0.25, -0.2) is 4.79 Å². The Labute approximate surface area is 119 Å². The lowest BCUT2D eigenvalue weighted by molar-refractivity contribution is -0.139. The number of furan rings is 1. The number of amides is 1. The summed E-state index contributed by atoms with van der Waals surface area (Å²) >= 11 is 0. The normalized spacial score (nSPS) is 15.6. The molecule has 0 saturated heterocycles. The van der Waals surface area contributed by atoms with E-state index in [1.807, 2.05) is 0 Å². The lowest BCUT2D eigenvalue weighted by atomic mass is 10.1. The molecule has 0 bridgehead atoms. The van der Waals surface area contributed by atoms with Gasteiger partial charge >= 0.3 is 5.97 Å². The molecule has 2 heterocycles. The molecule has 110 valence electrons. The maximum Gasteiger partial charge on any atom is 0.326 e. The molecule has 0 aromatic carbocycles. The van der Waals surface area contributed by atoms with Crippen molar-refractivity contribution >= 4 is 11.9 Å². The van der Waals surface area contributed by atoms with Crippen molar-refractivity contribution in [1.29, 1.82) is 0 Å². The molecule has 0 spiro atoms. The highest BCUT2D eigenvalue weighted by Gasteiger charge is 2.31. The summed E-state index contributed by atoms with van der Waals surface area (Å²) < 4.78 is 10.1. The Bertz CT molecular complexity index is 642. The number of nitrogens with zero attached hydrogens (tertiary/aromatic N) is 1. The third kappa shape index (κ3) is 3.13. The van der Waals surface area contributed by atoms with Crippen LogP contribution in [0.1, 0.15) is 29.8 Å². The Morgan fingerprint density at radius 3 is 2.86 bits per heavy atom. The topological polar surface area (TPSA) is 106 Å². The molecule has 1 fully saturated rings. The molecular formula is C14H14N2O5. The monoisotopic (exact) mass is 290 g/mol. The van der Waals surface area contributed by atoms with E-state index in [2.05, 4.69) is 10.5 Å². The number of carboxylic acids is 1. The molecule has 2 N–H and O–H groups in total. The first-order chi connectivity index (χ1) is 10.1. The van der Waals surface area contributed by atoms with Crippen LogP contribution in [0.2, 0.25) is 0 Å². The molecule has 2 aromatic heterocycles. The fourth-order valence-corrected chi connectivity index (χ4v) is 2.06. The maximum atomic E-state index is 12.0. The molecule has 1 saturated carbocycles. The van der Waals surface area contributed by atoms with E-state index in [0.717, 1.165) is 12.8 Å². The number of hydrogen-bond acceptors (Lipinski definition) is 5. The maximum absolute atomic E-state index is 12.0. The van der Waals surface area contributed by atoms with Gasteiger partial charge in [-0.1, -0.05) is 18.0 Å². The lowest BCUT2D eigenvalue weighted by Gasteiger charge is -2.12. The van der Waals surface area contributed by atoms with E-state index in [-0.39, 0.29) is 5.69 Å². The van der Waals surface area contributed by atoms with Gasteiger partial charge in [-0.15, -0.1) is 0 Å². The van der Waals surface area contributed by atoms with E-state index in [4.69, 9.17) is 14.0 Å². The van der Waals surface area contributed by atoms with E-state index in [1.165, 1.54) is 12.3 Å². The van der Waals surface area contributed by atoms with Crippen molar-refractivity contribution in [3.05, 3.63) is 30.2 Å². The van der Waals surface area contributed by atoms with Crippen molar-refractivity contribution in [3.63, 3.8) is 0 Å². The van der Waals surface area contributed by atoms with E-state index >= 15 is 0 Å². The second-order valence-electron chi connectivity index (χ2n) is 5.10.